The maximum atomic E-state index is 13.0. The number of hydrogen-bond acceptors (Lipinski definition) is 3. The van der Waals surface area contributed by atoms with Gasteiger partial charge in [0.05, 0.1) is 5.56 Å². The van der Waals surface area contributed by atoms with Crippen LogP contribution in [0, 0.1) is 5.92 Å². The number of piperidine rings is 1. The van der Waals surface area contributed by atoms with Gasteiger partial charge in [-0.1, -0.05) is 47.6 Å². The molecular weight excluding hydrogens is 322 g/mol. The van der Waals surface area contributed by atoms with Crippen molar-refractivity contribution in [1.82, 2.24) is 5.32 Å². The van der Waals surface area contributed by atoms with Gasteiger partial charge < -0.3 is 10.1 Å². The Kier molecular flexibility index (Phi) is 5.92. The fraction of sp³-hybridized carbons (Fsp3) is 0.696. The summed E-state index contributed by atoms with van der Waals surface area (Å²) in [5.74, 6) is 0.200. The summed E-state index contributed by atoms with van der Waals surface area (Å²) in [5, 5.41) is 3.38. The summed E-state index contributed by atoms with van der Waals surface area (Å²) in [5.41, 5.74) is 2.55. The van der Waals surface area contributed by atoms with E-state index in [9.17, 15) is 4.79 Å². The molecule has 0 radical (unpaired) electrons. The summed E-state index contributed by atoms with van der Waals surface area (Å²) in [4.78, 5) is 13.0. The molecule has 0 atom stereocenters. The molecule has 0 aromatic heterocycles. The van der Waals surface area contributed by atoms with E-state index in [4.69, 9.17) is 4.74 Å². The Labute approximate surface area is 159 Å². The van der Waals surface area contributed by atoms with Gasteiger partial charge in [-0.15, -0.1) is 0 Å². The van der Waals surface area contributed by atoms with Crippen LogP contribution in [0.2, 0.25) is 0 Å². The summed E-state index contributed by atoms with van der Waals surface area (Å²) < 4.78 is 6.03. The van der Waals surface area contributed by atoms with Crippen molar-refractivity contribution >= 4 is 5.97 Å². The Bertz CT molecular complexity index is 609. The highest BCUT2D eigenvalue weighted by Crippen LogP contribution is 2.33. The third-order valence-electron chi connectivity index (χ3n) is 5.58. The molecule has 1 aromatic rings. The molecule has 0 bridgehead atoms. The molecule has 1 saturated heterocycles. The highest BCUT2D eigenvalue weighted by molar-refractivity contribution is 5.90. The van der Waals surface area contributed by atoms with Crippen molar-refractivity contribution in [3.05, 3.63) is 34.9 Å². The van der Waals surface area contributed by atoms with E-state index in [0.717, 1.165) is 25.9 Å². The normalized spacial score (nSPS) is 17.2. The van der Waals surface area contributed by atoms with E-state index in [1.54, 1.807) is 0 Å². The van der Waals surface area contributed by atoms with E-state index in [1.807, 2.05) is 12.1 Å². The predicted molar refractivity (Wildman–Crippen MR) is 109 cm³/mol. The first-order valence-electron chi connectivity index (χ1n) is 9.91. The van der Waals surface area contributed by atoms with Gasteiger partial charge in [0.15, 0.2) is 0 Å². The topological polar surface area (TPSA) is 38.3 Å². The van der Waals surface area contributed by atoms with Gasteiger partial charge in [-0.25, -0.2) is 4.79 Å². The number of carbonyl (C=O) groups is 1. The van der Waals surface area contributed by atoms with Gasteiger partial charge >= 0.3 is 5.97 Å². The number of ether oxygens (including phenoxy) is 1. The van der Waals surface area contributed by atoms with E-state index >= 15 is 0 Å². The molecule has 0 saturated carbocycles. The van der Waals surface area contributed by atoms with Crippen LogP contribution in [0.1, 0.15) is 89.7 Å². The lowest BCUT2D eigenvalue weighted by Crippen LogP contribution is -2.42. The summed E-state index contributed by atoms with van der Waals surface area (Å²) in [7, 11) is 0. The molecule has 2 rings (SSSR count). The summed E-state index contributed by atoms with van der Waals surface area (Å²) in [6.07, 6.45) is 2.10. The molecule has 1 N–H and O–H groups in total. The van der Waals surface area contributed by atoms with Gasteiger partial charge in [0, 0.05) is 5.92 Å². The van der Waals surface area contributed by atoms with Crippen molar-refractivity contribution in [2.45, 2.75) is 84.7 Å². The summed E-state index contributed by atoms with van der Waals surface area (Å²) in [6, 6.07) is 6.25. The molecule has 1 fully saturated rings. The average Bonchev–Trinajstić information content (AvgIpc) is 2.53. The molecule has 0 spiro atoms. The molecule has 1 aliphatic heterocycles. The maximum absolute atomic E-state index is 13.0. The molecule has 3 heteroatoms. The lowest BCUT2D eigenvalue weighted by atomic mass is 9.79. The van der Waals surface area contributed by atoms with E-state index < -0.39 is 5.60 Å². The second kappa shape index (κ2) is 7.34. The van der Waals surface area contributed by atoms with Crippen molar-refractivity contribution in [3.63, 3.8) is 0 Å². The Balaban J connectivity index is 2.32. The molecule has 0 unspecified atom stereocenters. The largest absolute Gasteiger partial charge is 0.456 e. The first-order valence-corrected chi connectivity index (χ1v) is 9.91. The zero-order chi connectivity index (χ0) is 19.8. The lowest BCUT2D eigenvalue weighted by Gasteiger charge is -2.37. The Morgan fingerprint density at radius 1 is 0.885 bits per heavy atom. The number of esters is 1. The average molecular weight is 360 g/mol. The number of benzene rings is 1. The van der Waals surface area contributed by atoms with Crippen LogP contribution in [0.15, 0.2) is 18.2 Å². The van der Waals surface area contributed by atoms with Crippen LogP contribution in [0.3, 0.4) is 0 Å². The first kappa shape index (κ1) is 21.0. The highest BCUT2D eigenvalue weighted by atomic mass is 16.6. The van der Waals surface area contributed by atoms with Crippen molar-refractivity contribution < 1.29 is 9.53 Å². The molecule has 0 aliphatic carbocycles. The second-order valence-corrected chi connectivity index (χ2v) is 10.3. The van der Waals surface area contributed by atoms with Gasteiger partial charge in [0.25, 0.3) is 0 Å². The molecular formula is C23H37NO2. The third-order valence-corrected chi connectivity index (χ3v) is 5.58. The zero-order valence-electron chi connectivity index (χ0n) is 18.0. The van der Waals surface area contributed by atoms with E-state index in [-0.39, 0.29) is 16.8 Å². The van der Waals surface area contributed by atoms with Crippen molar-refractivity contribution in [3.8, 4) is 0 Å². The second-order valence-electron chi connectivity index (χ2n) is 10.3. The number of rotatable bonds is 3. The number of hydrogen-bond donors (Lipinski definition) is 1. The van der Waals surface area contributed by atoms with Gasteiger partial charge in [-0.2, -0.15) is 0 Å². The molecule has 1 aromatic carbocycles. The van der Waals surface area contributed by atoms with Crippen LogP contribution in [0.4, 0.5) is 0 Å². The van der Waals surface area contributed by atoms with Crippen LogP contribution in [0.25, 0.3) is 0 Å². The van der Waals surface area contributed by atoms with E-state index in [1.165, 1.54) is 11.1 Å². The van der Waals surface area contributed by atoms with Crippen molar-refractivity contribution in [2.75, 3.05) is 13.1 Å². The Hall–Kier alpha value is -1.35. The Morgan fingerprint density at radius 3 is 1.77 bits per heavy atom. The van der Waals surface area contributed by atoms with Gasteiger partial charge in [-0.05, 0) is 73.9 Å². The van der Waals surface area contributed by atoms with Crippen LogP contribution >= 0.6 is 0 Å². The van der Waals surface area contributed by atoms with E-state index in [2.05, 4.69) is 66.8 Å². The van der Waals surface area contributed by atoms with E-state index in [0.29, 0.717) is 11.5 Å². The lowest BCUT2D eigenvalue weighted by molar-refractivity contribution is -0.0368. The molecule has 26 heavy (non-hydrogen) atoms. The minimum Gasteiger partial charge on any atom is -0.456 e. The van der Waals surface area contributed by atoms with Crippen LogP contribution in [-0.2, 0) is 15.6 Å². The molecule has 3 nitrogen and oxygen atoms in total. The number of carbonyl (C=O) groups excluding carboxylic acids is 1. The summed E-state index contributed by atoms with van der Waals surface area (Å²) in [6.45, 7) is 19.2. The monoisotopic (exact) mass is 359 g/mol. The highest BCUT2D eigenvalue weighted by Gasteiger charge is 2.35. The van der Waals surface area contributed by atoms with Gasteiger partial charge in [-0.3, -0.25) is 0 Å². The predicted octanol–water partition coefficient (Wildman–Crippen LogP) is 5.22. The fourth-order valence-corrected chi connectivity index (χ4v) is 3.51. The number of nitrogens with one attached hydrogen (secondary N) is 1. The minimum atomic E-state index is -0.446. The van der Waals surface area contributed by atoms with Crippen LogP contribution in [-0.4, -0.2) is 24.7 Å². The standard InChI is InChI=1S/C23H37NO2/c1-21(2,3)18-13-16(14-19(15-18)22(4,5)6)20(25)26-23(7,8)17-9-11-24-12-10-17/h13-15,17,24H,9-12H2,1-8H3. The van der Waals surface area contributed by atoms with Gasteiger partial charge in [0.1, 0.15) is 5.60 Å². The first-order chi connectivity index (χ1) is 11.8. The molecule has 146 valence electrons. The smallest absolute Gasteiger partial charge is 0.338 e. The molecule has 0 amide bonds. The van der Waals surface area contributed by atoms with Crippen molar-refractivity contribution in [2.24, 2.45) is 5.92 Å². The molecule has 1 aliphatic rings. The summed E-state index contributed by atoms with van der Waals surface area (Å²) >= 11 is 0. The SMILES string of the molecule is CC(C)(C)c1cc(C(=O)OC(C)(C)C2CCNCC2)cc(C(C)(C)C)c1. The third kappa shape index (κ3) is 5.09. The van der Waals surface area contributed by atoms with Crippen LogP contribution < -0.4 is 5.32 Å². The molecule has 1 heterocycles. The fourth-order valence-electron chi connectivity index (χ4n) is 3.51. The minimum absolute atomic E-state index is 0.0130. The quantitative estimate of drug-likeness (QED) is 0.752. The van der Waals surface area contributed by atoms with Gasteiger partial charge in [0.2, 0.25) is 0 Å². The van der Waals surface area contributed by atoms with Crippen molar-refractivity contribution in [1.29, 1.82) is 0 Å². The zero-order valence-corrected chi connectivity index (χ0v) is 18.0. The Morgan fingerprint density at radius 2 is 1.35 bits per heavy atom. The van der Waals surface area contributed by atoms with Crippen LogP contribution in [0.5, 0.6) is 0 Å². The maximum Gasteiger partial charge on any atom is 0.338 e.